The maximum atomic E-state index is 13.8. The second-order valence-electron chi connectivity index (χ2n) is 6.54. The average molecular weight is 347 g/mol. The van der Waals surface area contributed by atoms with E-state index in [0.717, 1.165) is 0 Å². The minimum absolute atomic E-state index is 0.0420. The lowest BCUT2D eigenvalue weighted by molar-refractivity contribution is 0.0996. The van der Waals surface area contributed by atoms with Gasteiger partial charge in [-0.25, -0.2) is 14.1 Å². The SMILES string of the molecule is CC(C)(C)c1nn(-c2ccc(Cl)c(F)c2)c2ccc(C(N)=O)nc12. The summed E-state index contributed by atoms with van der Waals surface area (Å²) in [5.41, 5.74) is 7.60. The minimum Gasteiger partial charge on any atom is -0.364 e. The van der Waals surface area contributed by atoms with Gasteiger partial charge in [-0.15, -0.1) is 0 Å². The molecule has 0 aliphatic carbocycles. The van der Waals surface area contributed by atoms with Crippen LogP contribution in [0.2, 0.25) is 5.02 Å². The highest BCUT2D eigenvalue weighted by molar-refractivity contribution is 6.30. The van der Waals surface area contributed by atoms with E-state index >= 15 is 0 Å². The summed E-state index contributed by atoms with van der Waals surface area (Å²) in [5, 5.41) is 4.64. The fourth-order valence-corrected chi connectivity index (χ4v) is 2.57. The molecule has 0 radical (unpaired) electrons. The van der Waals surface area contributed by atoms with Crippen molar-refractivity contribution in [3.63, 3.8) is 0 Å². The zero-order chi connectivity index (χ0) is 17.6. The van der Waals surface area contributed by atoms with Crippen molar-refractivity contribution in [1.29, 1.82) is 0 Å². The molecule has 3 aromatic rings. The number of carbonyl (C=O) groups excluding carboxylic acids is 1. The molecule has 24 heavy (non-hydrogen) atoms. The second kappa shape index (κ2) is 5.56. The molecule has 2 aromatic heterocycles. The Labute approximate surface area is 143 Å². The zero-order valence-corrected chi connectivity index (χ0v) is 14.2. The molecule has 1 aromatic carbocycles. The summed E-state index contributed by atoms with van der Waals surface area (Å²) in [5.74, 6) is -1.14. The Balaban J connectivity index is 2.33. The fourth-order valence-electron chi connectivity index (χ4n) is 2.45. The number of rotatable bonds is 2. The Morgan fingerprint density at radius 1 is 1.25 bits per heavy atom. The van der Waals surface area contributed by atoms with Crippen LogP contribution in [-0.4, -0.2) is 20.7 Å². The predicted molar refractivity (Wildman–Crippen MR) is 91.1 cm³/mol. The molecule has 0 saturated carbocycles. The molecule has 0 saturated heterocycles. The number of hydrogen-bond acceptors (Lipinski definition) is 3. The molecule has 2 N–H and O–H groups in total. The molecule has 5 nitrogen and oxygen atoms in total. The summed E-state index contributed by atoms with van der Waals surface area (Å²) < 4.78 is 15.4. The first-order chi connectivity index (χ1) is 11.2. The van der Waals surface area contributed by atoms with Crippen LogP contribution in [0.1, 0.15) is 37.0 Å². The van der Waals surface area contributed by atoms with Crippen LogP contribution in [0.5, 0.6) is 0 Å². The van der Waals surface area contributed by atoms with Crippen LogP contribution in [0, 0.1) is 5.82 Å². The minimum atomic E-state index is -0.609. The molecule has 0 unspecified atom stereocenters. The number of halogens is 2. The van der Waals surface area contributed by atoms with Gasteiger partial charge in [0, 0.05) is 11.5 Å². The number of benzene rings is 1. The molecule has 0 aliphatic rings. The number of pyridine rings is 1. The van der Waals surface area contributed by atoms with Gasteiger partial charge in [0.05, 0.1) is 21.9 Å². The van der Waals surface area contributed by atoms with E-state index in [2.05, 4.69) is 10.1 Å². The molecule has 3 rings (SSSR count). The molecule has 124 valence electrons. The Morgan fingerprint density at radius 2 is 1.96 bits per heavy atom. The van der Waals surface area contributed by atoms with Gasteiger partial charge in [0.1, 0.15) is 17.0 Å². The van der Waals surface area contributed by atoms with Gasteiger partial charge in [0.15, 0.2) is 0 Å². The lowest BCUT2D eigenvalue weighted by atomic mass is 9.91. The number of nitrogens with zero attached hydrogens (tertiary/aromatic N) is 3. The van der Waals surface area contributed by atoms with E-state index in [1.165, 1.54) is 18.2 Å². The maximum absolute atomic E-state index is 13.8. The van der Waals surface area contributed by atoms with Crippen LogP contribution in [0.3, 0.4) is 0 Å². The van der Waals surface area contributed by atoms with Gasteiger partial charge >= 0.3 is 0 Å². The smallest absolute Gasteiger partial charge is 0.267 e. The predicted octanol–water partition coefficient (Wildman–Crippen LogP) is 3.61. The van der Waals surface area contributed by atoms with Crippen molar-refractivity contribution in [2.75, 3.05) is 0 Å². The largest absolute Gasteiger partial charge is 0.364 e. The molecule has 0 bridgehead atoms. The van der Waals surface area contributed by atoms with Gasteiger partial charge in [0.2, 0.25) is 0 Å². The molecular formula is C17H16ClFN4O. The van der Waals surface area contributed by atoms with E-state index in [1.54, 1.807) is 16.8 Å². The highest BCUT2D eigenvalue weighted by Crippen LogP contribution is 2.30. The van der Waals surface area contributed by atoms with E-state index in [-0.39, 0.29) is 16.1 Å². The standard InChI is InChI=1S/C17H16ClFN4O/c1-17(2,3)15-14-13(7-6-12(21-14)16(20)24)23(22-15)9-4-5-10(18)11(19)8-9/h4-8H,1-3H3,(H2,20,24). The summed E-state index contributed by atoms with van der Waals surface area (Å²) in [4.78, 5) is 15.8. The van der Waals surface area contributed by atoms with E-state index < -0.39 is 11.7 Å². The number of aromatic nitrogens is 3. The van der Waals surface area contributed by atoms with Crippen molar-refractivity contribution < 1.29 is 9.18 Å². The van der Waals surface area contributed by atoms with Crippen molar-refractivity contribution in [2.45, 2.75) is 26.2 Å². The third-order valence-corrected chi connectivity index (χ3v) is 3.94. The van der Waals surface area contributed by atoms with Gasteiger partial charge < -0.3 is 5.73 Å². The van der Waals surface area contributed by atoms with Gasteiger partial charge in [-0.1, -0.05) is 32.4 Å². The molecule has 1 amide bonds. The first-order valence-corrected chi connectivity index (χ1v) is 7.72. The number of nitrogens with two attached hydrogens (primary N) is 1. The molecule has 0 fully saturated rings. The van der Waals surface area contributed by atoms with E-state index in [0.29, 0.717) is 22.4 Å². The van der Waals surface area contributed by atoms with Crippen LogP contribution in [-0.2, 0) is 5.41 Å². The Morgan fingerprint density at radius 3 is 2.54 bits per heavy atom. The van der Waals surface area contributed by atoms with E-state index in [9.17, 15) is 9.18 Å². The molecular weight excluding hydrogens is 331 g/mol. The van der Waals surface area contributed by atoms with Crippen LogP contribution in [0.4, 0.5) is 4.39 Å². The van der Waals surface area contributed by atoms with Crippen molar-refractivity contribution in [1.82, 2.24) is 14.8 Å². The van der Waals surface area contributed by atoms with Gasteiger partial charge in [0.25, 0.3) is 5.91 Å². The monoisotopic (exact) mass is 346 g/mol. The topological polar surface area (TPSA) is 73.8 Å². The molecule has 7 heteroatoms. The number of amides is 1. The fraction of sp³-hybridized carbons (Fsp3) is 0.235. The van der Waals surface area contributed by atoms with Crippen molar-refractivity contribution >= 4 is 28.5 Å². The lowest BCUT2D eigenvalue weighted by Gasteiger charge is -2.15. The van der Waals surface area contributed by atoms with Crippen molar-refractivity contribution in [3.8, 4) is 5.69 Å². The first kappa shape index (κ1) is 16.4. The van der Waals surface area contributed by atoms with Crippen LogP contribution >= 0.6 is 11.6 Å². The first-order valence-electron chi connectivity index (χ1n) is 7.34. The van der Waals surface area contributed by atoms with Crippen molar-refractivity contribution in [3.05, 3.63) is 52.6 Å². The molecule has 2 heterocycles. The number of hydrogen-bond donors (Lipinski definition) is 1. The highest BCUT2D eigenvalue weighted by atomic mass is 35.5. The summed E-state index contributed by atoms with van der Waals surface area (Å²) in [7, 11) is 0. The second-order valence-corrected chi connectivity index (χ2v) is 6.94. The molecule has 0 aliphatic heterocycles. The average Bonchev–Trinajstić information content (AvgIpc) is 2.88. The van der Waals surface area contributed by atoms with Crippen LogP contribution < -0.4 is 5.73 Å². The summed E-state index contributed by atoms with van der Waals surface area (Å²) in [6, 6.07) is 7.69. The third-order valence-electron chi connectivity index (χ3n) is 3.64. The van der Waals surface area contributed by atoms with Crippen LogP contribution in [0.15, 0.2) is 30.3 Å². The van der Waals surface area contributed by atoms with Gasteiger partial charge in [-0.3, -0.25) is 4.79 Å². The normalized spacial score (nSPS) is 11.9. The van der Waals surface area contributed by atoms with E-state index in [1.807, 2.05) is 20.8 Å². The zero-order valence-electron chi connectivity index (χ0n) is 13.5. The third kappa shape index (κ3) is 2.73. The van der Waals surface area contributed by atoms with Gasteiger partial charge in [-0.05, 0) is 24.3 Å². The number of primary amides is 1. The van der Waals surface area contributed by atoms with E-state index in [4.69, 9.17) is 17.3 Å². The number of fused-ring (bicyclic) bond motifs is 1. The molecule has 0 atom stereocenters. The number of carbonyl (C=O) groups is 1. The Hall–Kier alpha value is -2.47. The summed E-state index contributed by atoms with van der Waals surface area (Å²) >= 11 is 5.75. The lowest BCUT2D eigenvalue weighted by Crippen LogP contribution is -2.15. The summed E-state index contributed by atoms with van der Waals surface area (Å²) in [6.45, 7) is 5.96. The van der Waals surface area contributed by atoms with Crippen molar-refractivity contribution in [2.24, 2.45) is 5.73 Å². The Kier molecular flexibility index (Phi) is 3.80. The van der Waals surface area contributed by atoms with Gasteiger partial charge in [-0.2, -0.15) is 5.10 Å². The summed E-state index contributed by atoms with van der Waals surface area (Å²) in [6.07, 6.45) is 0. The quantitative estimate of drug-likeness (QED) is 0.770. The Bertz CT molecular complexity index is 959. The maximum Gasteiger partial charge on any atom is 0.267 e. The molecule has 0 spiro atoms. The van der Waals surface area contributed by atoms with Crippen LogP contribution in [0.25, 0.3) is 16.7 Å². The highest BCUT2D eigenvalue weighted by Gasteiger charge is 2.25.